The first-order valence-corrected chi connectivity index (χ1v) is 5.97. The van der Waals surface area contributed by atoms with Gasteiger partial charge in [-0.2, -0.15) is 13.2 Å². The van der Waals surface area contributed by atoms with E-state index in [0.717, 1.165) is 12.5 Å². The Hall–Kier alpha value is -1.23. The second kappa shape index (κ2) is 4.46. The van der Waals surface area contributed by atoms with Gasteiger partial charge in [-0.25, -0.2) is 0 Å². The normalized spacial score (nSPS) is 24.6. The Morgan fingerprint density at radius 2 is 2.00 bits per heavy atom. The molecule has 0 amide bonds. The molecule has 0 aromatic heterocycles. The number of benzene rings is 1. The maximum Gasteiger partial charge on any atom is 0.418 e. The average molecular weight is 258 g/mol. The summed E-state index contributed by atoms with van der Waals surface area (Å²) in [6.45, 7) is 3.72. The van der Waals surface area contributed by atoms with Gasteiger partial charge < -0.3 is 10.6 Å². The Bertz CT molecular complexity index is 430. The fraction of sp³-hybridized carbons (Fsp3) is 0.538. The number of anilines is 1. The lowest BCUT2D eigenvalue weighted by Crippen LogP contribution is -2.32. The van der Waals surface area contributed by atoms with Crippen molar-refractivity contribution in [3.05, 3.63) is 29.8 Å². The van der Waals surface area contributed by atoms with E-state index in [4.69, 9.17) is 5.73 Å². The quantitative estimate of drug-likeness (QED) is 0.883. The van der Waals surface area contributed by atoms with Gasteiger partial charge in [-0.3, -0.25) is 0 Å². The van der Waals surface area contributed by atoms with E-state index in [9.17, 15) is 13.2 Å². The lowest BCUT2D eigenvalue weighted by molar-refractivity contribution is -0.137. The van der Waals surface area contributed by atoms with Crippen LogP contribution < -0.4 is 10.6 Å². The first-order valence-electron chi connectivity index (χ1n) is 5.97. The number of hydrogen-bond acceptors (Lipinski definition) is 2. The molecule has 0 saturated carbocycles. The van der Waals surface area contributed by atoms with Crippen molar-refractivity contribution in [3.8, 4) is 0 Å². The molecule has 2 N–H and O–H groups in total. The Labute approximate surface area is 105 Å². The van der Waals surface area contributed by atoms with Gasteiger partial charge >= 0.3 is 6.18 Å². The van der Waals surface area contributed by atoms with Gasteiger partial charge in [0.15, 0.2) is 0 Å². The summed E-state index contributed by atoms with van der Waals surface area (Å²) < 4.78 is 38.8. The lowest BCUT2D eigenvalue weighted by atomic mass is 9.90. The highest BCUT2D eigenvalue weighted by atomic mass is 19.4. The third kappa shape index (κ3) is 2.46. The first-order chi connectivity index (χ1) is 8.36. The van der Waals surface area contributed by atoms with Crippen LogP contribution in [0.2, 0.25) is 0 Å². The molecule has 1 unspecified atom stereocenters. The SMILES string of the molecule is CC1(CN)CCN(c2ccccc2C(F)(F)F)C1. The maximum atomic E-state index is 12.9. The van der Waals surface area contributed by atoms with Crippen LogP contribution in [0, 0.1) is 5.41 Å². The zero-order chi connectivity index (χ0) is 13.4. The monoisotopic (exact) mass is 258 g/mol. The molecule has 100 valence electrons. The van der Waals surface area contributed by atoms with Crippen LogP contribution in [0.3, 0.4) is 0 Å². The lowest BCUT2D eigenvalue weighted by Gasteiger charge is -2.26. The van der Waals surface area contributed by atoms with Gasteiger partial charge in [0, 0.05) is 18.8 Å². The molecular weight excluding hydrogens is 241 g/mol. The molecule has 0 aliphatic carbocycles. The summed E-state index contributed by atoms with van der Waals surface area (Å²) in [7, 11) is 0. The van der Waals surface area contributed by atoms with Crippen LogP contribution in [-0.2, 0) is 6.18 Å². The van der Waals surface area contributed by atoms with Crippen LogP contribution >= 0.6 is 0 Å². The predicted molar refractivity (Wildman–Crippen MR) is 65.4 cm³/mol. The summed E-state index contributed by atoms with van der Waals surface area (Å²) in [5, 5.41) is 0. The van der Waals surface area contributed by atoms with Gasteiger partial charge in [-0.1, -0.05) is 19.1 Å². The zero-order valence-electron chi connectivity index (χ0n) is 10.3. The van der Waals surface area contributed by atoms with Crippen molar-refractivity contribution in [1.29, 1.82) is 0 Å². The molecule has 2 nitrogen and oxygen atoms in total. The highest BCUT2D eigenvalue weighted by Crippen LogP contribution is 2.40. The summed E-state index contributed by atoms with van der Waals surface area (Å²) >= 11 is 0. The topological polar surface area (TPSA) is 29.3 Å². The highest BCUT2D eigenvalue weighted by molar-refractivity contribution is 5.56. The molecule has 1 aromatic carbocycles. The van der Waals surface area contributed by atoms with Crippen LogP contribution in [0.4, 0.5) is 18.9 Å². The van der Waals surface area contributed by atoms with Crippen LogP contribution in [0.25, 0.3) is 0 Å². The van der Waals surface area contributed by atoms with Crippen molar-refractivity contribution >= 4 is 5.69 Å². The summed E-state index contributed by atoms with van der Waals surface area (Å²) in [4.78, 5) is 1.79. The summed E-state index contributed by atoms with van der Waals surface area (Å²) in [5.41, 5.74) is 5.30. The Morgan fingerprint density at radius 3 is 2.56 bits per heavy atom. The van der Waals surface area contributed by atoms with Crippen molar-refractivity contribution in [2.24, 2.45) is 11.1 Å². The van der Waals surface area contributed by atoms with E-state index in [1.54, 1.807) is 11.0 Å². The van der Waals surface area contributed by atoms with Gasteiger partial charge in [0.2, 0.25) is 0 Å². The molecule has 1 saturated heterocycles. The third-order valence-electron chi connectivity index (χ3n) is 3.60. The fourth-order valence-electron chi connectivity index (χ4n) is 2.39. The number of halogens is 3. The molecule has 18 heavy (non-hydrogen) atoms. The van der Waals surface area contributed by atoms with E-state index < -0.39 is 11.7 Å². The molecule has 5 heteroatoms. The number of nitrogens with two attached hydrogens (primary N) is 1. The number of rotatable bonds is 2. The van der Waals surface area contributed by atoms with Crippen molar-refractivity contribution in [3.63, 3.8) is 0 Å². The molecule has 1 atom stereocenters. The average Bonchev–Trinajstić information content (AvgIpc) is 2.72. The van der Waals surface area contributed by atoms with Gasteiger partial charge in [0.25, 0.3) is 0 Å². The van der Waals surface area contributed by atoms with Crippen molar-refractivity contribution in [2.45, 2.75) is 19.5 Å². The number of alkyl halides is 3. The van der Waals surface area contributed by atoms with E-state index >= 15 is 0 Å². The van der Waals surface area contributed by atoms with E-state index in [1.807, 2.05) is 6.92 Å². The van der Waals surface area contributed by atoms with Gasteiger partial charge in [0.1, 0.15) is 0 Å². The molecule has 1 aliphatic rings. The molecule has 1 fully saturated rings. The second-order valence-corrected chi connectivity index (χ2v) is 5.20. The van der Waals surface area contributed by atoms with Crippen LogP contribution in [0.1, 0.15) is 18.9 Å². The zero-order valence-corrected chi connectivity index (χ0v) is 10.3. The van der Waals surface area contributed by atoms with E-state index in [2.05, 4.69) is 0 Å². The number of hydrogen-bond donors (Lipinski definition) is 1. The Balaban J connectivity index is 2.31. The standard InChI is InChI=1S/C13H17F3N2/c1-12(8-17)6-7-18(9-12)11-5-3-2-4-10(11)13(14,15)16/h2-5H,6-9,17H2,1H3. The minimum Gasteiger partial charge on any atom is -0.370 e. The van der Waals surface area contributed by atoms with E-state index in [0.29, 0.717) is 19.6 Å². The van der Waals surface area contributed by atoms with E-state index in [-0.39, 0.29) is 11.1 Å². The smallest absolute Gasteiger partial charge is 0.370 e. The molecule has 0 radical (unpaired) electrons. The molecule has 1 heterocycles. The van der Waals surface area contributed by atoms with Crippen molar-refractivity contribution in [1.82, 2.24) is 0 Å². The minimum absolute atomic E-state index is 0.0846. The maximum absolute atomic E-state index is 12.9. The molecule has 0 spiro atoms. The summed E-state index contributed by atoms with van der Waals surface area (Å²) in [6, 6.07) is 5.73. The number of nitrogens with zero attached hydrogens (tertiary/aromatic N) is 1. The predicted octanol–water partition coefficient (Wildman–Crippen LogP) is 2.88. The van der Waals surface area contributed by atoms with Crippen LogP contribution in [0.5, 0.6) is 0 Å². The van der Waals surface area contributed by atoms with E-state index in [1.165, 1.54) is 12.1 Å². The van der Waals surface area contributed by atoms with Gasteiger partial charge in [-0.05, 0) is 30.5 Å². The molecule has 2 rings (SSSR count). The van der Waals surface area contributed by atoms with Gasteiger partial charge in [0.05, 0.1) is 5.56 Å². The largest absolute Gasteiger partial charge is 0.418 e. The second-order valence-electron chi connectivity index (χ2n) is 5.20. The van der Waals surface area contributed by atoms with Crippen molar-refractivity contribution in [2.75, 3.05) is 24.5 Å². The van der Waals surface area contributed by atoms with Crippen molar-refractivity contribution < 1.29 is 13.2 Å². The molecule has 1 aromatic rings. The third-order valence-corrected chi connectivity index (χ3v) is 3.60. The minimum atomic E-state index is -4.31. The highest BCUT2D eigenvalue weighted by Gasteiger charge is 2.38. The summed E-state index contributed by atoms with van der Waals surface area (Å²) in [6.07, 6.45) is -3.48. The van der Waals surface area contributed by atoms with Crippen LogP contribution in [0.15, 0.2) is 24.3 Å². The summed E-state index contributed by atoms with van der Waals surface area (Å²) in [5.74, 6) is 0. The Morgan fingerprint density at radius 1 is 1.33 bits per heavy atom. The first kappa shape index (κ1) is 13.2. The number of para-hydroxylation sites is 1. The molecule has 1 aliphatic heterocycles. The fourth-order valence-corrected chi connectivity index (χ4v) is 2.39. The Kier molecular flexibility index (Phi) is 3.27. The van der Waals surface area contributed by atoms with Crippen LogP contribution in [-0.4, -0.2) is 19.6 Å². The van der Waals surface area contributed by atoms with Gasteiger partial charge in [-0.15, -0.1) is 0 Å². The molecule has 0 bridgehead atoms. The molecular formula is C13H17F3N2.